The first kappa shape index (κ1) is 16.8. The van der Waals surface area contributed by atoms with Crippen LogP contribution in [0.15, 0.2) is 46.4 Å². The minimum atomic E-state index is 0.00439. The Morgan fingerprint density at radius 3 is 2.92 bits per heavy atom. The summed E-state index contributed by atoms with van der Waals surface area (Å²) in [7, 11) is 0. The number of hydrogen-bond acceptors (Lipinski definition) is 5. The number of anilines is 1. The van der Waals surface area contributed by atoms with E-state index in [0.29, 0.717) is 11.5 Å². The molecule has 0 unspecified atom stereocenters. The molecule has 2 aromatic heterocycles. The summed E-state index contributed by atoms with van der Waals surface area (Å²) in [6.45, 7) is 4.10. The molecule has 1 N–H and O–H groups in total. The molecule has 0 radical (unpaired) electrons. The standard InChI is InChI=1S/C18H18N2O2S2/c1-12-5-6-14(8-13(12)2)19-17(21)11-23-9-15-10-24-18(20-15)16-4-3-7-22-16/h3-8,10H,9,11H2,1-2H3,(H,19,21). The number of nitrogens with zero attached hydrogens (tertiary/aromatic N) is 1. The molecule has 0 aliphatic rings. The zero-order chi connectivity index (χ0) is 16.9. The fourth-order valence-electron chi connectivity index (χ4n) is 2.15. The normalized spacial score (nSPS) is 10.8. The summed E-state index contributed by atoms with van der Waals surface area (Å²) in [5, 5.41) is 5.81. The van der Waals surface area contributed by atoms with Gasteiger partial charge in [-0.25, -0.2) is 4.98 Å². The molecular weight excluding hydrogens is 340 g/mol. The van der Waals surface area contributed by atoms with Gasteiger partial charge in [0.1, 0.15) is 0 Å². The summed E-state index contributed by atoms with van der Waals surface area (Å²) in [4.78, 5) is 16.6. The molecule has 1 amide bonds. The van der Waals surface area contributed by atoms with E-state index in [1.807, 2.05) is 42.6 Å². The van der Waals surface area contributed by atoms with Gasteiger partial charge < -0.3 is 9.73 Å². The number of aromatic nitrogens is 1. The van der Waals surface area contributed by atoms with Crippen molar-refractivity contribution in [3.63, 3.8) is 0 Å². The predicted octanol–water partition coefficient (Wildman–Crippen LogP) is 4.89. The molecule has 3 aromatic rings. The zero-order valence-corrected chi connectivity index (χ0v) is 15.2. The zero-order valence-electron chi connectivity index (χ0n) is 13.5. The average Bonchev–Trinajstić information content (AvgIpc) is 3.22. The topological polar surface area (TPSA) is 55.1 Å². The van der Waals surface area contributed by atoms with Gasteiger partial charge in [-0.15, -0.1) is 23.1 Å². The van der Waals surface area contributed by atoms with E-state index >= 15 is 0 Å². The molecule has 0 atom stereocenters. The van der Waals surface area contributed by atoms with Crippen LogP contribution < -0.4 is 5.32 Å². The molecule has 4 nitrogen and oxygen atoms in total. The summed E-state index contributed by atoms with van der Waals surface area (Å²) in [5.41, 5.74) is 4.21. The summed E-state index contributed by atoms with van der Waals surface area (Å²) in [6, 6.07) is 9.69. The van der Waals surface area contributed by atoms with Crippen LogP contribution in [0, 0.1) is 13.8 Å². The van der Waals surface area contributed by atoms with Crippen molar-refractivity contribution in [1.29, 1.82) is 0 Å². The molecule has 0 spiro atoms. The SMILES string of the molecule is Cc1ccc(NC(=O)CSCc2csc(-c3ccco3)n2)cc1C. The van der Waals surface area contributed by atoms with Crippen LogP contribution in [0.2, 0.25) is 0 Å². The Hall–Kier alpha value is -2.05. The van der Waals surface area contributed by atoms with E-state index in [1.165, 1.54) is 11.1 Å². The lowest BCUT2D eigenvalue weighted by Crippen LogP contribution is -2.14. The van der Waals surface area contributed by atoms with Crippen molar-refractivity contribution in [2.75, 3.05) is 11.1 Å². The third-order valence-corrected chi connectivity index (χ3v) is 5.43. The number of rotatable bonds is 6. The lowest BCUT2D eigenvalue weighted by molar-refractivity contribution is -0.113. The molecule has 0 aliphatic carbocycles. The second-order valence-corrected chi connectivity index (χ2v) is 7.31. The predicted molar refractivity (Wildman–Crippen MR) is 101 cm³/mol. The number of thiazole rings is 1. The van der Waals surface area contributed by atoms with E-state index in [9.17, 15) is 4.79 Å². The average molecular weight is 358 g/mol. The second kappa shape index (κ2) is 7.68. The second-order valence-electron chi connectivity index (χ2n) is 5.46. The van der Waals surface area contributed by atoms with Crippen molar-refractivity contribution in [3.8, 4) is 10.8 Å². The number of aryl methyl sites for hydroxylation is 2. The lowest BCUT2D eigenvalue weighted by Gasteiger charge is -2.07. The van der Waals surface area contributed by atoms with Crippen molar-refractivity contribution in [2.24, 2.45) is 0 Å². The van der Waals surface area contributed by atoms with Gasteiger partial charge in [-0.3, -0.25) is 4.79 Å². The molecule has 124 valence electrons. The number of amides is 1. The molecule has 6 heteroatoms. The maximum absolute atomic E-state index is 12.0. The van der Waals surface area contributed by atoms with Crippen molar-refractivity contribution >= 4 is 34.7 Å². The van der Waals surface area contributed by atoms with Crippen molar-refractivity contribution < 1.29 is 9.21 Å². The number of furan rings is 1. The van der Waals surface area contributed by atoms with Crippen molar-refractivity contribution in [2.45, 2.75) is 19.6 Å². The van der Waals surface area contributed by atoms with Gasteiger partial charge in [0.15, 0.2) is 10.8 Å². The van der Waals surface area contributed by atoms with Crippen LogP contribution in [0.5, 0.6) is 0 Å². The minimum absolute atomic E-state index is 0.00439. The van der Waals surface area contributed by atoms with Gasteiger partial charge >= 0.3 is 0 Å². The Morgan fingerprint density at radius 2 is 2.17 bits per heavy atom. The van der Waals surface area contributed by atoms with Gasteiger partial charge in [-0.05, 0) is 49.2 Å². The molecule has 0 bridgehead atoms. The van der Waals surface area contributed by atoms with Crippen LogP contribution in [-0.4, -0.2) is 16.6 Å². The minimum Gasteiger partial charge on any atom is -0.462 e. The Morgan fingerprint density at radius 1 is 1.29 bits per heavy atom. The van der Waals surface area contributed by atoms with Crippen LogP contribution in [0.3, 0.4) is 0 Å². The van der Waals surface area contributed by atoms with Crippen LogP contribution in [0.1, 0.15) is 16.8 Å². The number of carbonyl (C=O) groups excluding carboxylic acids is 1. The van der Waals surface area contributed by atoms with Gasteiger partial charge in [-0.1, -0.05) is 6.07 Å². The van der Waals surface area contributed by atoms with E-state index in [1.54, 1.807) is 29.4 Å². The number of nitrogens with one attached hydrogen (secondary N) is 1. The Balaban J connectivity index is 1.47. The van der Waals surface area contributed by atoms with Gasteiger partial charge in [0.25, 0.3) is 0 Å². The third kappa shape index (κ3) is 4.27. The lowest BCUT2D eigenvalue weighted by atomic mass is 10.1. The third-order valence-electron chi connectivity index (χ3n) is 3.56. The van der Waals surface area contributed by atoms with Gasteiger partial charge in [0.2, 0.25) is 5.91 Å². The fourth-order valence-corrected chi connectivity index (χ4v) is 3.76. The van der Waals surface area contributed by atoms with E-state index in [2.05, 4.69) is 17.2 Å². The smallest absolute Gasteiger partial charge is 0.234 e. The summed E-state index contributed by atoms with van der Waals surface area (Å²) < 4.78 is 5.34. The summed E-state index contributed by atoms with van der Waals surface area (Å²) in [6.07, 6.45) is 1.64. The molecular formula is C18H18N2O2S2. The van der Waals surface area contributed by atoms with Crippen molar-refractivity contribution in [3.05, 3.63) is 58.8 Å². The highest BCUT2D eigenvalue weighted by Gasteiger charge is 2.08. The molecule has 0 fully saturated rings. The van der Waals surface area contributed by atoms with E-state index in [0.717, 1.165) is 22.1 Å². The summed E-state index contributed by atoms with van der Waals surface area (Å²) in [5.74, 6) is 1.89. The van der Waals surface area contributed by atoms with E-state index in [4.69, 9.17) is 4.42 Å². The Labute approximate surface area is 149 Å². The van der Waals surface area contributed by atoms with Crippen molar-refractivity contribution in [1.82, 2.24) is 4.98 Å². The molecule has 24 heavy (non-hydrogen) atoms. The van der Waals surface area contributed by atoms with Crippen LogP contribution >= 0.6 is 23.1 Å². The monoisotopic (exact) mass is 358 g/mol. The molecule has 0 aliphatic heterocycles. The molecule has 3 rings (SSSR count). The number of hydrogen-bond donors (Lipinski definition) is 1. The molecule has 2 heterocycles. The first-order chi connectivity index (χ1) is 11.6. The Bertz CT molecular complexity index is 825. The van der Waals surface area contributed by atoms with Crippen LogP contribution in [-0.2, 0) is 10.5 Å². The summed E-state index contributed by atoms with van der Waals surface area (Å²) >= 11 is 3.11. The Kier molecular flexibility index (Phi) is 5.37. The molecule has 1 aromatic carbocycles. The van der Waals surface area contributed by atoms with E-state index < -0.39 is 0 Å². The maximum Gasteiger partial charge on any atom is 0.234 e. The fraction of sp³-hybridized carbons (Fsp3) is 0.222. The van der Waals surface area contributed by atoms with Crippen LogP contribution in [0.4, 0.5) is 5.69 Å². The molecule has 0 saturated carbocycles. The highest BCUT2D eigenvalue weighted by atomic mass is 32.2. The number of thioether (sulfide) groups is 1. The largest absolute Gasteiger partial charge is 0.462 e. The van der Waals surface area contributed by atoms with Crippen LogP contribution in [0.25, 0.3) is 10.8 Å². The maximum atomic E-state index is 12.0. The number of carbonyl (C=O) groups is 1. The van der Waals surface area contributed by atoms with Gasteiger partial charge in [0.05, 0.1) is 17.7 Å². The number of benzene rings is 1. The highest BCUT2D eigenvalue weighted by Crippen LogP contribution is 2.25. The van der Waals surface area contributed by atoms with E-state index in [-0.39, 0.29) is 5.91 Å². The quantitative estimate of drug-likeness (QED) is 0.681. The first-order valence-corrected chi connectivity index (χ1v) is 9.58. The first-order valence-electron chi connectivity index (χ1n) is 7.55. The van der Waals surface area contributed by atoms with Gasteiger partial charge in [-0.2, -0.15) is 0 Å². The highest BCUT2D eigenvalue weighted by molar-refractivity contribution is 7.99. The molecule has 0 saturated heterocycles. The van der Waals surface area contributed by atoms with Gasteiger partial charge in [0, 0.05) is 16.8 Å².